The van der Waals surface area contributed by atoms with Crippen molar-refractivity contribution in [1.82, 2.24) is 25.0 Å². The van der Waals surface area contributed by atoms with Gasteiger partial charge in [-0.25, -0.2) is 9.67 Å². The molecule has 0 aliphatic carbocycles. The average Bonchev–Trinajstić information content (AvgIpc) is 3.40. The number of hydrogen-bond donors (Lipinski definition) is 2. The van der Waals surface area contributed by atoms with Crippen molar-refractivity contribution in [3.63, 3.8) is 0 Å². The van der Waals surface area contributed by atoms with Crippen molar-refractivity contribution in [1.29, 1.82) is 0 Å². The van der Waals surface area contributed by atoms with Crippen molar-refractivity contribution in [2.45, 2.75) is 123 Å². The van der Waals surface area contributed by atoms with Gasteiger partial charge >= 0.3 is 0 Å². The Morgan fingerprint density at radius 3 is 2.12 bits per heavy atom. The van der Waals surface area contributed by atoms with E-state index < -0.39 is 0 Å². The Morgan fingerprint density at radius 2 is 1.53 bits per heavy atom. The summed E-state index contributed by atoms with van der Waals surface area (Å²) in [6.07, 6.45) is 24.1. The third-order valence-electron chi connectivity index (χ3n) is 6.01. The highest BCUT2D eigenvalue weighted by Crippen LogP contribution is 2.13. The number of anilines is 1. The highest BCUT2D eigenvalue weighted by molar-refractivity contribution is 5.77. The minimum absolute atomic E-state index is 0.248. The number of nitrogens with two attached hydrogens (primary N) is 1. The van der Waals surface area contributed by atoms with Gasteiger partial charge in [0, 0.05) is 18.3 Å². The minimum Gasteiger partial charge on any atom is -0.369 e. The molecule has 32 heavy (non-hydrogen) atoms. The standard InChI is InChI=1S/C25H44N6O/c1-2-3-4-5-6-7-8-9-10-11-12-13-14-18-24(32)21-31-20-23(29-30-31)17-15-16-22-19-27-25(26)28-22/h19-20H,2-18,21H2,1H3,(H3,26,27,28). The van der Waals surface area contributed by atoms with Gasteiger partial charge in [0.2, 0.25) is 0 Å². The van der Waals surface area contributed by atoms with E-state index in [1.54, 1.807) is 10.9 Å². The number of imidazole rings is 1. The second-order valence-electron chi connectivity index (χ2n) is 9.09. The van der Waals surface area contributed by atoms with Gasteiger partial charge in [-0.15, -0.1) is 5.10 Å². The number of unbranched alkanes of at least 4 members (excludes halogenated alkanes) is 12. The van der Waals surface area contributed by atoms with Crippen LogP contribution in [0.3, 0.4) is 0 Å². The minimum atomic E-state index is 0.248. The fourth-order valence-corrected chi connectivity index (χ4v) is 4.09. The molecule has 2 rings (SSSR count). The van der Waals surface area contributed by atoms with Crippen LogP contribution < -0.4 is 5.73 Å². The number of aromatic amines is 1. The molecule has 0 aliphatic heterocycles. The largest absolute Gasteiger partial charge is 0.369 e. The Kier molecular flexibility index (Phi) is 13.4. The quantitative estimate of drug-likeness (QED) is 0.251. The number of aromatic nitrogens is 5. The maximum absolute atomic E-state index is 12.2. The molecule has 180 valence electrons. The number of carbonyl (C=O) groups excluding carboxylic acids is 1. The monoisotopic (exact) mass is 444 g/mol. The lowest BCUT2D eigenvalue weighted by Crippen LogP contribution is -2.10. The molecule has 7 nitrogen and oxygen atoms in total. The molecule has 2 heterocycles. The molecule has 0 saturated heterocycles. The summed E-state index contributed by atoms with van der Waals surface area (Å²) in [4.78, 5) is 19.2. The topological polar surface area (TPSA) is 102 Å². The first-order valence-corrected chi connectivity index (χ1v) is 12.9. The zero-order chi connectivity index (χ0) is 22.9. The molecule has 2 aromatic rings. The first-order valence-electron chi connectivity index (χ1n) is 12.9. The number of aryl methyl sites for hydroxylation is 2. The van der Waals surface area contributed by atoms with Crippen LogP contribution in [0, 0.1) is 0 Å². The van der Waals surface area contributed by atoms with Crippen LogP contribution in [-0.2, 0) is 24.2 Å². The van der Waals surface area contributed by atoms with Crippen LogP contribution >= 0.6 is 0 Å². The fraction of sp³-hybridized carbons (Fsp3) is 0.760. The van der Waals surface area contributed by atoms with Gasteiger partial charge in [-0.3, -0.25) is 4.79 Å². The summed E-state index contributed by atoms with van der Waals surface area (Å²) in [5, 5.41) is 8.29. The van der Waals surface area contributed by atoms with Crippen molar-refractivity contribution in [3.05, 3.63) is 23.8 Å². The summed E-state index contributed by atoms with van der Waals surface area (Å²) in [6, 6.07) is 0. The number of H-pyrrole nitrogens is 1. The Morgan fingerprint density at radius 1 is 0.906 bits per heavy atom. The smallest absolute Gasteiger partial charge is 0.197 e. The Hall–Kier alpha value is -2.18. The summed E-state index contributed by atoms with van der Waals surface area (Å²) in [5.41, 5.74) is 7.54. The van der Waals surface area contributed by atoms with Gasteiger partial charge in [-0.2, -0.15) is 0 Å². The van der Waals surface area contributed by atoms with Gasteiger partial charge in [0.25, 0.3) is 0 Å². The number of hydrogen-bond acceptors (Lipinski definition) is 5. The number of Topliss-reactive ketones (excluding diaryl/α,β-unsaturated/α-hetero) is 1. The first-order chi connectivity index (χ1) is 15.7. The Bertz CT molecular complexity index is 738. The van der Waals surface area contributed by atoms with Crippen LogP contribution in [0.5, 0.6) is 0 Å². The van der Waals surface area contributed by atoms with Crippen molar-refractivity contribution >= 4 is 11.7 Å². The third kappa shape index (κ3) is 12.0. The Balaban J connectivity index is 1.42. The molecule has 0 saturated carbocycles. The lowest BCUT2D eigenvalue weighted by Gasteiger charge is -2.03. The maximum Gasteiger partial charge on any atom is 0.197 e. The zero-order valence-corrected chi connectivity index (χ0v) is 20.2. The molecule has 0 spiro atoms. The number of rotatable bonds is 20. The number of carbonyl (C=O) groups is 1. The number of nitrogens with one attached hydrogen (secondary N) is 1. The van der Waals surface area contributed by atoms with Crippen LogP contribution in [0.1, 0.15) is 115 Å². The van der Waals surface area contributed by atoms with Gasteiger partial charge in [-0.05, 0) is 25.7 Å². The third-order valence-corrected chi connectivity index (χ3v) is 6.01. The van der Waals surface area contributed by atoms with Crippen molar-refractivity contribution < 1.29 is 4.79 Å². The molecule has 0 amide bonds. The second kappa shape index (κ2) is 16.5. The van der Waals surface area contributed by atoms with E-state index in [0.717, 1.165) is 43.5 Å². The lowest BCUT2D eigenvalue weighted by atomic mass is 10.0. The zero-order valence-electron chi connectivity index (χ0n) is 20.2. The second-order valence-corrected chi connectivity index (χ2v) is 9.09. The van der Waals surface area contributed by atoms with E-state index in [-0.39, 0.29) is 5.78 Å². The van der Waals surface area contributed by atoms with E-state index in [1.165, 1.54) is 70.6 Å². The van der Waals surface area contributed by atoms with Crippen LogP contribution in [0.15, 0.2) is 12.4 Å². The van der Waals surface area contributed by atoms with E-state index in [4.69, 9.17) is 5.73 Å². The molecular formula is C25H44N6O. The molecular weight excluding hydrogens is 400 g/mol. The van der Waals surface area contributed by atoms with Crippen LogP contribution in [0.4, 0.5) is 5.95 Å². The van der Waals surface area contributed by atoms with E-state index in [1.807, 2.05) is 6.20 Å². The molecule has 0 fully saturated rings. The Labute approximate surface area is 194 Å². The van der Waals surface area contributed by atoms with E-state index >= 15 is 0 Å². The average molecular weight is 445 g/mol. The van der Waals surface area contributed by atoms with E-state index in [9.17, 15) is 4.79 Å². The van der Waals surface area contributed by atoms with Gasteiger partial charge in [0.15, 0.2) is 11.7 Å². The lowest BCUT2D eigenvalue weighted by molar-refractivity contribution is -0.119. The first kappa shape index (κ1) is 26.1. The summed E-state index contributed by atoms with van der Waals surface area (Å²) in [5.74, 6) is 0.699. The van der Waals surface area contributed by atoms with Crippen LogP contribution in [-0.4, -0.2) is 30.7 Å². The van der Waals surface area contributed by atoms with Gasteiger partial charge in [0.05, 0.1) is 11.9 Å². The highest BCUT2D eigenvalue weighted by Gasteiger charge is 2.07. The van der Waals surface area contributed by atoms with Crippen molar-refractivity contribution in [2.75, 3.05) is 5.73 Å². The SMILES string of the molecule is CCCCCCCCCCCCCCCC(=O)Cn1cc(CCCc2cnc(N)[nH]2)nn1. The maximum atomic E-state index is 12.2. The van der Waals surface area contributed by atoms with Crippen LogP contribution in [0.25, 0.3) is 0 Å². The molecule has 2 aromatic heterocycles. The molecule has 3 N–H and O–H groups in total. The molecule has 0 unspecified atom stereocenters. The number of nitrogen functional groups attached to an aromatic ring is 1. The van der Waals surface area contributed by atoms with Crippen molar-refractivity contribution in [2.24, 2.45) is 0 Å². The molecule has 0 atom stereocenters. The molecule has 0 aliphatic rings. The summed E-state index contributed by atoms with van der Waals surface area (Å²) in [6.45, 7) is 2.61. The van der Waals surface area contributed by atoms with Gasteiger partial charge in [-0.1, -0.05) is 89.2 Å². The number of nitrogens with zero attached hydrogens (tertiary/aromatic N) is 4. The predicted octanol–water partition coefficient (Wildman–Crippen LogP) is 5.81. The van der Waals surface area contributed by atoms with Crippen molar-refractivity contribution in [3.8, 4) is 0 Å². The van der Waals surface area contributed by atoms with E-state index in [2.05, 4.69) is 27.2 Å². The summed E-state index contributed by atoms with van der Waals surface area (Å²) < 4.78 is 1.67. The van der Waals surface area contributed by atoms with Crippen LogP contribution in [0.2, 0.25) is 0 Å². The summed E-state index contributed by atoms with van der Waals surface area (Å²) >= 11 is 0. The summed E-state index contributed by atoms with van der Waals surface area (Å²) in [7, 11) is 0. The predicted molar refractivity (Wildman–Crippen MR) is 130 cm³/mol. The van der Waals surface area contributed by atoms with Gasteiger partial charge in [0.1, 0.15) is 6.54 Å². The van der Waals surface area contributed by atoms with Gasteiger partial charge < -0.3 is 10.7 Å². The fourth-order valence-electron chi connectivity index (χ4n) is 4.09. The number of ketones is 1. The molecule has 0 aromatic carbocycles. The van der Waals surface area contributed by atoms with E-state index in [0.29, 0.717) is 18.9 Å². The molecule has 0 radical (unpaired) electrons. The highest BCUT2D eigenvalue weighted by atomic mass is 16.1. The molecule has 7 heteroatoms. The normalized spacial score (nSPS) is 11.3. The molecule has 0 bridgehead atoms.